The molecule has 4 aromatic rings. The number of hydrogen-bond acceptors (Lipinski definition) is 5. The van der Waals surface area contributed by atoms with E-state index < -0.39 is 12.3 Å². The van der Waals surface area contributed by atoms with Crippen LogP contribution in [0.25, 0.3) is 21.3 Å². The first kappa shape index (κ1) is 23.2. The van der Waals surface area contributed by atoms with E-state index in [9.17, 15) is 22.8 Å². The molecule has 1 aromatic heterocycles. The van der Waals surface area contributed by atoms with Crippen LogP contribution in [0, 0.1) is 0 Å². The zero-order valence-corrected chi connectivity index (χ0v) is 18.2. The number of halogens is 3. The number of nitrogens with one attached hydrogen (secondary N) is 1. The van der Waals surface area contributed by atoms with Crippen molar-refractivity contribution in [2.24, 2.45) is 0 Å². The lowest BCUT2D eigenvalue weighted by atomic mass is 10.1. The molecule has 0 spiro atoms. The Morgan fingerprint density at radius 2 is 1.76 bits per heavy atom. The summed E-state index contributed by atoms with van der Waals surface area (Å²) in [7, 11) is 0. The third-order valence-electron chi connectivity index (χ3n) is 4.81. The van der Waals surface area contributed by atoms with E-state index in [1.807, 2.05) is 0 Å². The molecule has 0 bridgehead atoms. The van der Waals surface area contributed by atoms with Crippen molar-refractivity contribution in [3.63, 3.8) is 0 Å². The van der Waals surface area contributed by atoms with Gasteiger partial charge in [0, 0.05) is 6.54 Å². The summed E-state index contributed by atoms with van der Waals surface area (Å²) in [6.07, 6.45) is -4.73. The Balaban J connectivity index is 1.44. The van der Waals surface area contributed by atoms with Crippen molar-refractivity contribution in [2.45, 2.75) is 19.3 Å². The first-order chi connectivity index (χ1) is 16.2. The molecule has 0 fully saturated rings. The number of fused-ring (bicyclic) bond motifs is 1. The molecule has 0 aliphatic heterocycles. The number of aromatic nitrogens is 1. The summed E-state index contributed by atoms with van der Waals surface area (Å²) in [6, 6.07) is 17.3. The van der Waals surface area contributed by atoms with E-state index in [0.717, 1.165) is 4.70 Å². The molecule has 0 aliphatic carbocycles. The number of carbonyl (C=O) groups excluding carboxylic acids is 1. The molecule has 0 atom stereocenters. The second-order valence-electron chi connectivity index (χ2n) is 7.32. The highest BCUT2D eigenvalue weighted by Gasteiger charge is 2.31. The molecule has 4 rings (SSSR count). The van der Waals surface area contributed by atoms with Crippen LogP contribution < -0.4 is 10.1 Å². The van der Waals surface area contributed by atoms with Crippen molar-refractivity contribution in [2.75, 3.05) is 0 Å². The van der Waals surface area contributed by atoms with Gasteiger partial charge in [0.05, 0.1) is 22.2 Å². The van der Waals surface area contributed by atoms with Crippen LogP contribution in [0.5, 0.6) is 5.75 Å². The lowest BCUT2D eigenvalue weighted by molar-refractivity contribution is -0.274. The second-order valence-corrected chi connectivity index (χ2v) is 8.44. The summed E-state index contributed by atoms with van der Waals surface area (Å²) in [4.78, 5) is 27.9. The highest BCUT2D eigenvalue weighted by molar-refractivity contribution is 7.18. The Hall–Kier alpha value is -3.92. The summed E-state index contributed by atoms with van der Waals surface area (Å²) >= 11 is 1.32. The standard InChI is InChI=1S/C24H17F3N2O4S/c25-24(26,27)33-18-6-2-4-15(10-18)16-7-8-19-20(11-16)34-22(29-19)12-21(30)28-13-14-3-1-5-17(9-14)23(31)32/h1-11H,12-13H2,(H,28,30)(H,31,32). The molecule has 174 valence electrons. The van der Waals surface area contributed by atoms with Gasteiger partial charge in [0.25, 0.3) is 0 Å². The van der Waals surface area contributed by atoms with Gasteiger partial charge in [0.2, 0.25) is 5.91 Å². The van der Waals surface area contributed by atoms with Crippen molar-refractivity contribution < 1.29 is 32.6 Å². The predicted octanol–water partition coefficient (Wildman–Crippen LogP) is 5.42. The lowest BCUT2D eigenvalue weighted by Gasteiger charge is -2.10. The van der Waals surface area contributed by atoms with Gasteiger partial charge in [-0.3, -0.25) is 4.79 Å². The number of ether oxygens (including phenoxy) is 1. The molecule has 0 radical (unpaired) electrons. The Bertz CT molecular complexity index is 1370. The molecule has 34 heavy (non-hydrogen) atoms. The number of aromatic carboxylic acids is 1. The maximum absolute atomic E-state index is 12.5. The van der Waals surface area contributed by atoms with Gasteiger partial charge < -0.3 is 15.2 Å². The first-order valence-electron chi connectivity index (χ1n) is 10.0. The summed E-state index contributed by atoms with van der Waals surface area (Å²) in [6.45, 7) is 0.186. The fourth-order valence-electron chi connectivity index (χ4n) is 3.32. The van der Waals surface area contributed by atoms with Crippen LogP contribution in [0.15, 0.2) is 66.7 Å². The van der Waals surface area contributed by atoms with Crippen LogP contribution >= 0.6 is 11.3 Å². The van der Waals surface area contributed by atoms with E-state index in [4.69, 9.17) is 5.11 Å². The maximum atomic E-state index is 12.5. The Morgan fingerprint density at radius 3 is 2.53 bits per heavy atom. The molecule has 2 N–H and O–H groups in total. The molecule has 10 heteroatoms. The van der Waals surface area contributed by atoms with Gasteiger partial charge in [-0.05, 0) is 53.1 Å². The molecule has 1 amide bonds. The van der Waals surface area contributed by atoms with Crippen molar-refractivity contribution in [3.05, 3.63) is 82.9 Å². The number of carboxylic acid groups (broad SMARTS) is 1. The SMILES string of the molecule is O=C(Cc1nc2ccc(-c3cccc(OC(F)(F)F)c3)cc2s1)NCc1cccc(C(=O)O)c1. The Kier molecular flexibility index (Phi) is 6.51. The number of benzene rings is 3. The highest BCUT2D eigenvalue weighted by Crippen LogP contribution is 2.31. The Morgan fingerprint density at radius 1 is 1.00 bits per heavy atom. The third kappa shape index (κ3) is 5.90. The number of rotatable bonds is 7. The minimum absolute atomic E-state index is 0.0439. The summed E-state index contributed by atoms with van der Waals surface area (Å²) in [5.74, 6) is -1.61. The zero-order valence-electron chi connectivity index (χ0n) is 17.4. The van der Waals surface area contributed by atoms with Gasteiger partial charge in [0.1, 0.15) is 10.8 Å². The second kappa shape index (κ2) is 9.52. The fraction of sp³-hybridized carbons (Fsp3) is 0.125. The summed E-state index contributed by atoms with van der Waals surface area (Å²) < 4.78 is 42.3. The van der Waals surface area contributed by atoms with Crippen LogP contribution in [0.2, 0.25) is 0 Å². The maximum Gasteiger partial charge on any atom is 0.573 e. The molecule has 0 aliphatic rings. The zero-order chi connectivity index (χ0) is 24.3. The number of carboxylic acids is 1. The van der Waals surface area contributed by atoms with Gasteiger partial charge in [-0.15, -0.1) is 24.5 Å². The summed E-state index contributed by atoms with van der Waals surface area (Å²) in [5, 5.41) is 12.4. The van der Waals surface area contributed by atoms with Crippen LogP contribution in [0.3, 0.4) is 0 Å². The molecule has 0 saturated carbocycles. The van der Waals surface area contributed by atoms with Crippen LogP contribution in [0.1, 0.15) is 20.9 Å². The van der Waals surface area contributed by atoms with E-state index in [1.54, 1.807) is 36.4 Å². The fourth-order valence-corrected chi connectivity index (χ4v) is 4.32. The molecular formula is C24H17F3N2O4S. The molecule has 6 nitrogen and oxygen atoms in total. The van der Waals surface area contributed by atoms with Crippen LogP contribution in [-0.4, -0.2) is 28.3 Å². The number of amides is 1. The predicted molar refractivity (Wildman–Crippen MR) is 121 cm³/mol. The third-order valence-corrected chi connectivity index (χ3v) is 5.83. The van der Waals surface area contributed by atoms with Crippen molar-refractivity contribution in [1.82, 2.24) is 10.3 Å². The smallest absolute Gasteiger partial charge is 0.478 e. The van der Waals surface area contributed by atoms with E-state index in [0.29, 0.717) is 27.2 Å². The molecule has 0 saturated heterocycles. The van der Waals surface area contributed by atoms with Crippen LogP contribution in [0.4, 0.5) is 13.2 Å². The van der Waals surface area contributed by atoms with E-state index in [2.05, 4.69) is 15.0 Å². The number of thiazole rings is 1. The van der Waals surface area contributed by atoms with Crippen molar-refractivity contribution in [3.8, 4) is 16.9 Å². The summed E-state index contributed by atoms with van der Waals surface area (Å²) in [5.41, 5.74) is 2.73. The van der Waals surface area contributed by atoms with Crippen molar-refractivity contribution >= 4 is 33.4 Å². The lowest BCUT2D eigenvalue weighted by Crippen LogP contribution is -2.24. The van der Waals surface area contributed by atoms with Gasteiger partial charge in [0.15, 0.2) is 0 Å². The minimum Gasteiger partial charge on any atom is -0.478 e. The van der Waals surface area contributed by atoms with E-state index >= 15 is 0 Å². The monoisotopic (exact) mass is 486 g/mol. The first-order valence-corrected chi connectivity index (χ1v) is 10.8. The topological polar surface area (TPSA) is 88.5 Å². The van der Waals surface area contributed by atoms with Crippen LogP contribution in [-0.2, 0) is 17.8 Å². The number of nitrogens with zero attached hydrogens (tertiary/aromatic N) is 1. The average molecular weight is 486 g/mol. The normalized spacial score (nSPS) is 11.4. The quantitative estimate of drug-likeness (QED) is 0.364. The Labute approximate surface area is 195 Å². The van der Waals surface area contributed by atoms with Gasteiger partial charge in [-0.2, -0.15) is 0 Å². The molecule has 0 unspecified atom stereocenters. The average Bonchev–Trinajstić information content (AvgIpc) is 3.18. The van der Waals surface area contributed by atoms with Gasteiger partial charge in [-0.25, -0.2) is 9.78 Å². The number of alkyl halides is 3. The minimum atomic E-state index is -4.77. The van der Waals surface area contributed by atoms with Crippen molar-refractivity contribution in [1.29, 1.82) is 0 Å². The molecule has 1 heterocycles. The van der Waals surface area contributed by atoms with Gasteiger partial charge >= 0.3 is 12.3 Å². The van der Waals surface area contributed by atoms with Gasteiger partial charge in [-0.1, -0.05) is 30.3 Å². The molecular weight excluding hydrogens is 469 g/mol. The highest BCUT2D eigenvalue weighted by atomic mass is 32.1. The van der Waals surface area contributed by atoms with E-state index in [1.165, 1.54) is 41.7 Å². The number of carbonyl (C=O) groups is 2. The largest absolute Gasteiger partial charge is 0.573 e. The molecule has 3 aromatic carbocycles. The van der Waals surface area contributed by atoms with E-state index in [-0.39, 0.29) is 30.2 Å². The number of hydrogen-bond donors (Lipinski definition) is 2.